The monoisotopic (exact) mass is 228 g/mol. The van der Waals surface area contributed by atoms with Gasteiger partial charge in [-0.1, -0.05) is 0 Å². The minimum Gasteiger partial charge on any atom is -0.379 e. The SMILES string of the molecule is CC1(N2CCOCC2)CNC1.Cl.Cl. The van der Waals surface area contributed by atoms with Crippen molar-refractivity contribution in [1.82, 2.24) is 10.2 Å². The summed E-state index contributed by atoms with van der Waals surface area (Å²) in [6, 6.07) is 0. The van der Waals surface area contributed by atoms with Crippen LogP contribution in [0.15, 0.2) is 0 Å². The molecule has 0 aliphatic carbocycles. The lowest BCUT2D eigenvalue weighted by molar-refractivity contribution is -0.0354. The predicted molar refractivity (Wildman–Crippen MR) is 58.2 cm³/mol. The summed E-state index contributed by atoms with van der Waals surface area (Å²) < 4.78 is 5.30. The van der Waals surface area contributed by atoms with E-state index in [9.17, 15) is 0 Å². The van der Waals surface area contributed by atoms with Gasteiger partial charge in [0, 0.05) is 31.7 Å². The van der Waals surface area contributed by atoms with Crippen LogP contribution in [0, 0.1) is 0 Å². The van der Waals surface area contributed by atoms with Crippen molar-refractivity contribution in [2.75, 3.05) is 39.4 Å². The molecule has 1 N–H and O–H groups in total. The average molecular weight is 229 g/mol. The van der Waals surface area contributed by atoms with Gasteiger partial charge in [-0.05, 0) is 6.92 Å². The molecule has 2 heterocycles. The number of morpholine rings is 1. The van der Waals surface area contributed by atoms with E-state index in [-0.39, 0.29) is 24.8 Å². The van der Waals surface area contributed by atoms with Crippen molar-refractivity contribution in [3.63, 3.8) is 0 Å². The molecule has 3 nitrogen and oxygen atoms in total. The molecular formula is C8H18Cl2N2O. The number of nitrogens with one attached hydrogen (secondary N) is 1. The number of halogens is 2. The van der Waals surface area contributed by atoms with E-state index < -0.39 is 0 Å². The minimum absolute atomic E-state index is 0. The van der Waals surface area contributed by atoms with Gasteiger partial charge in [0.25, 0.3) is 0 Å². The first-order chi connectivity index (χ1) is 5.31. The van der Waals surface area contributed by atoms with Gasteiger partial charge in [0.1, 0.15) is 0 Å². The Morgan fingerprint density at radius 3 is 2.08 bits per heavy atom. The van der Waals surface area contributed by atoms with E-state index >= 15 is 0 Å². The highest BCUT2D eigenvalue weighted by atomic mass is 35.5. The first kappa shape index (κ1) is 13.5. The van der Waals surface area contributed by atoms with Crippen LogP contribution in [0.2, 0.25) is 0 Å². The van der Waals surface area contributed by atoms with Crippen molar-refractivity contribution in [3.8, 4) is 0 Å². The van der Waals surface area contributed by atoms with Crippen molar-refractivity contribution in [2.24, 2.45) is 0 Å². The summed E-state index contributed by atoms with van der Waals surface area (Å²) in [5, 5.41) is 3.32. The van der Waals surface area contributed by atoms with Gasteiger partial charge in [-0.2, -0.15) is 0 Å². The molecule has 80 valence electrons. The lowest BCUT2D eigenvalue weighted by Gasteiger charge is -2.49. The normalized spacial score (nSPS) is 26.5. The Morgan fingerprint density at radius 2 is 1.69 bits per heavy atom. The third-order valence-corrected chi connectivity index (χ3v) is 2.79. The Bertz CT molecular complexity index is 147. The quantitative estimate of drug-likeness (QED) is 0.709. The van der Waals surface area contributed by atoms with E-state index in [1.165, 1.54) is 0 Å². The Balaban J connectivity index is 0.000000720. The average Bonchev–Trinajstić information content (AvgIpc) is 2.02. The largest absolute Gasteiger partial charge is 0.379 e. The summed E-state index contributed by atoms with van der Waals surface area (Å²) in [4.78, 5) is 2.53. The summed E-state index contributed by atoms with van der Waals surface area (Å²) in [5.41, 5.74) is 0.434. The molecule has 0 aromatic heterocycles. The van der Waals surface area contributed by atoms with Gasteiger partial charge in [0.15, 0.2) is 0 Å². The summed E-state index contributed by atoms with van der Waals surface area (Å²) in [7, 11) is 0. The molecule has 0 spiro atoms. The summed E-state index contributed by atoms with van der Waals surface area (Å²) >= 11 is 0. The fraction of sp³-hybridized carbons (Fsp3) is 1.00. The number of hydrogen-bond acceptors (Lipinski definition) is 3. The van der Waals surface area contributed by atoms with Gasteiger partial charge in [-0.25, -0.2) is 0 Å². The van der Waals surface area contributed by atoms with E-state index in [1.54, 1.807) is 0 Å². The Labute approximate surface area is 92.0 Å². The minimum atomic E-state index is 0. The molecule has 0 atom stereocenters. The van der Waals surface area contributed by atoms with Crippen LogP contribution in [0.4, 0.5) is 0 Å². The zero-order chi connectivity index (χ0) is 7.73. The Kier molecular flexibility index (Phi) is 5.56. The third-order valence-electron chi connectivity index (χ3n) is 2.79. The third kappa shape index (κ3) is 2.70. The molecule has 0 aromatic carbocycles. The molecule has 2 rings (SSSR count). The highest BCUT2D eigenvalue weighted by Gasteiger charge is 2.38. The van der Waals surface area contributed by atoms with Crippen LogP contribution >= 0.6 is 24.8 Å². The second-order valence-corrected chi connectivity index (χ2v) is 3.70. The molecule has 2 aliphatic heterocycles. The highest BCUT2D eigenvalue weighted by Crippen LogP contribution is 2.20. The molecule has 0 aromatic rings. The van der Waals surface area contributed by atoms with E-state index in [2.05, 4.69) is 17.1 Å². The second kappa shape index (κ2) is 5.37. The molecule has 0 amide bonds. The fourth-order valence-corrected chi connectivity index (χ4v) is 1.81. The van der Waals surface area contributed by atoms with Crippen LogP contribution < -0.4 is 5.32 Å². The summed E-state index contributed by atoms with van der Waals surface area (Å²) in [6.45, 7) is 8.66. The molecule has 0 bridgehead atoms. The maximum absolute atomic E-state index is 5.30. The molecule has 0 unspecified atom stereocenters. The molecular weight excluding hydrogens is 211 g/mol. The maximum atomic E-state index is 5.30. The van der Waals surface area contributed by atoms with Crippen LogP contribution in [-0.2, 0) is 4.74 Å². The van der Waals surface area contributed by atoms with Crippen LogP contribution in [0.1, 0.15) is 6.92 Å². The van der Waals surface area contributed by atoms with Crippen LogP contribution in [-0.4, -0.2) is 49.8 Å². The van der Waals surface area contributed by atoms with Gasteiger partial charge in [-0.15, -0.1) is 24.8 Å². The highest BCUT2D eigenvalue weighted by molar-refractivity contribution is 5.85. The zero-order valence-electron chi connectivity index (χ0n) is 7.91. The van der Waals surface area contributed by atoms with E-state index in [1.807, 2.05) is 0 Å². The van der Waals surface area contributed by atoms with Gasteiger partial charge in [-0.3, -0.25) is 4.90 Å². The fourth-order valence-electron chi connectivity index (χ4n) is 1.81. The molecule has 2 fully saturated rings. The van der Waals surface area contributed by atoms with E-state index in [0.29, 0.717) is 5.54 Å². The molecule has 2 aliphatic rings. The summed E-state index contributed by atoms with van der Waals surface area (Å²) in [5.74, 6) is 0. The van der Waals surface area contributed by atoms with E-state index in [4.69, 9.17) is 4.74 Å². The first-order valence-corrected chi connectivity index (χ1v) is 4.35. The molecule has 0 radical (unpaired) electrons. The van der Waals surface area contributed by atoms with Crippen LogP contribution in [0.3, 0.4) is 0 Å². The number of ether oxygens (including phenoxy) is 1. The first-order valence-electron chi connectivity index (χ1n) is 4.35. The zero-order valence-corrected chi connectivity index (χ0v) is 9.55. The van der Waals surface area contributed by atoms with Gasteiger partial charge < -0.3 is 10.1 Å². The van der Waals surface area contributed by atoms with E-state index in [0.717, 1.165) is 39.4 Å². The Hall–Kier alpha value is 0.460. The smallest absolute Gasteiger partial charge is 0.0594 e. The topological polar surface area (TPSA) is 24.5 Å². The van der Waals surface area contributed by atoms with Crippen molar-refractivity contribution in [3.05, 3.63) is 0 Å². The molecule has 13 heavy (non-hydrogen) atoms. The van der Waals surface area contributed by atoms with Crippen LogP contribution in [0.25, 0.3) is 0 Å². The predicted octanol–water partition coefficient (Wildman–Crippen LogP) is 0.524. The summed E-state index contributed by atoms with van der Waals surface area (Å²) in [6.07, 6.45) is 0. The van der Waals surface area contributed by atoms with Gasteiger partial charge in [0.2, 0.25) is 0 Å². The number of rotatable bonds is 1. The second-order valence-electron chi connectivity index (χ2n) is 3.70. The van der Waals surface area contributed by atoms with Crippen molar-refractivity contribution in [2.45, 2.75) is 12.5 Å². The molecule has 0 saturated carbocycles. The molecule has 5 heteroatoms. The lowest BCUT2D eigenvalue weighted by atomic mass is 9.92. The Morgan fingerprint density at radius 1 is 1.15 bits per heavy atom. The van der Waals surface area contributed by atoms with Gasteiger partial charge in [0.05, 0.1) is 13.2 Å². The number of nitrogens with zero attached hydrogens (tertiary/aromatic N) is 1. The number of hydrogen-bond donors (Lipinski definition) is 1. The van der Waals surface area contributed by atoms with Crippen molar-refractivity contribution in [1.29, 1.82) is 0 Å². The van der Waals surface area contributed by atoms with Gasteiger partial charge >= 0.3 is 0 Å². The standard InChI is InChI=1S/C8H16N2O.2ClH/c1-8(6-9-7-8)10-2-4-11-5-3-10;;/h9H,2-7H2,1H3;2*1H. The van der Waals surface area contributed by atoms with Crippen LogP contribution in [0.5, 0.6) is 0 Å². The van der Waals surface area contributed by atoms with Crippen molar-refractivity contribution >= 4 is 24.8 Å². The molecule has 2 saturated heterocycles. The van der Waals surface area contributed by atoms with Crippen molar-refractivity contribution < 1.29 is 4.74 Å². The maximum Gasteiger partial charge on any atom is 0.0594 e. The lowest BCUT2D eigenvalue weighted by Crippen LogP contribution is -2.68.